The molecule has 0 aromatic rings. The smallest absolute Gasteiger partial charge is 0.0163 e. The van der Waals surface area contributed by atoms with Crippen molar-refractivity contribution in [3.05, 3.63) is 5.21 Å². The summed E-state index contributed by atoms with van der Waals surface area (Å²) in [6.45, 7) is 6.37. The van der Waals surface area contributed by atoms with Crippen molar-refractivity contribution in [1.29, 1.82) is 0 Å². The number of hydrogen-bond donors (Lipinski definition) is 0. The molecule has 1 heterocycles. The Kier molecular flexibility index (Phi) is 1.99. The molecule has 0 aromatic carbocycles. The highest BCUT2D eigenvalue weighted by molar-refractivity contribution is 4.88. The highest BCUT2D eigenvalue weighted by atomic mass is 16.5. The van der Waals surface area contributed by atoms with Crippen molar-refractivity contribution in [2.45, 2.75) is 19.4 Å². The van der Waals surface area contributed by atoms with Crippen LogP contribution >= 0.6 is 0 Å². The first kappa shape index (κ1) is 7.98. The molecule has 3 heteroatoms. The molecule has 10 heavy (non-hydrogen) atoms. The third kappa shape index (κ3) is 1.48. The minimum Gasteiger partial charge on any atom is -0.785 e. The highest BCUT2D eigenvalue weighted by Gasteiger charge is 2.25. The summed E-state index contributed by atoms with van der Waals surface area (Å²) in [5, 5.41) is 12.3. The summed E-state index contributed by atoms with van der Waals surface area (Å²) in [4.78, 5) is 2.19. The maximum Gasteiger partial charge on any atom is 0.0163 e. The normalized spacial score (nSPS) is 28.8. The van der Waals surface area contributed by atoms with Crippen LogP contribution in [-0.2, 0) is 0 Å². The first-order valence-electron chi connectivity index (χ1n) is 3.66. The Hall–Kier alpha value is -0.120. The van der Waals surface area contributed by atoms with Crippen LogP contribution in [0.4, 0.5) is 0 Å². The fraction of sp³-hybridized carbons (Fsp3) is 1.00. The van der Waals surface area contributed by atoms with Crippen molar-refractivity contribution in [3.63, 3.8) is 0 Å². The topological polar surface area (TPSA) is 29.5 Å². The summed E-state index contributed by atoms with van der Waals surface area (Å²) in [7, 11) is 2.05. The van der Waals surface area contributed by atoms with E-state index in [1.54, 1.807) is 0 Å². The van der Waals surface area contributed by atoms with Gasteiger partial charge in [-0.15, -0.1) is 0 Å². The van der Waals surface area contributed by atoms with Gasteiger partial charge in [0.25, 0.3) is 0 Å². The van der Waals surface area contributed by atoms with Crippen molar-refractivity contribution < 1.29 is 0 Å². The summed E-state index contributed by atoms with van der Waals surface area (Å²) >= 11 is 0. The minimum absolute atomic E-state index is 0.188. The van der Waals surface area contributed by atoms with Crippen LogP contribution in [0.5, 0.6) is 0 Å². The van der Waals surface area contributed by atoms with Gasteiger partial charge in [-0.3, -0.25) is 0 Å². The average Bonchev–Trinajstić information content (AvgIpc) is 1.78. The summed E-state index contributed by atoms with van der Waals surface area (Å²) in [6.07, 6.45) is 0. The lowest BCUT2D eigenvalue weighted by Crippen LogP contribution is -2.55. The Morgan fingerprint density at radius 2 is 1.90 bits per heavy atom. The molecule has 1 rings (SSSR count). The summed E-state index contributed by atoms with van der Waals surface area (Å²) in [6, 6.07) is 0. The van der Waals surface area contributed by atoms with E-state index in [-0.39, 0.29) is 5.54 Å². The van der Waals surface area contributed by atoms with Crippen LogP contribution in [0, 0.1) is 5.21 Å². The van der Waals surface area contributed by atoms with E-state index in [0.717, 1.165) is 13.1 Å². The molecule has 0 aliphatic carbocycles. The van der Waals surface area contributed by atoms with E-state index in [4.69, 9.17) is 0 Å². The number of rotatable bonds is 0. The van der Waals surface area contributed by atoms with Crippen molar-refractivity contribution in [2.75, 3.05) is 26.7 Å². The lowest BCUT2D eigenvalue weighted by Gasteiger charge is -2.50. The number of nitrogens with zero attached hydrogens (tertiary/aromatic N) is 2. The second-order valence-electron chi connectivity index (χ2n) is 3.65. The molecular weight excluding hydrogens is 128 g/mol. The van der Waals surface area contributed by atoms with Crippen molar-refractivity contribution in [3.8, 4) is 0 Å². The maximum absolute atomic E-state index is 11.2. The van der Waals surface area contributed by atoms with E-state index in [0.29, 0.717) is 6.54 Å². The molecule has 3 nitrogen and oxygen atoms in total. The van der Waals surface area contributed by atoms with Gasteiger partial charge in [-0.2, -0.15) is 0 Å². The summed E-state index contributed by atoms with van der Waals surface area (Å²) < 4.78 is 0. The third-order valence-corrected chi connectivity index (χ3v) is 2.02. The van der Waals surface area contributed by atoms with Gasteiger partial charge in [0.1, 0.15) is 0 Å². The molecule has 1 fully saturated rings. The number of hydrogen-bond acceptors (Lipinski definition) is 3. The van der Waals surface area contributed by atoms with Gasteiger partial charge in [0.15, 0.2) is 0 Å². The largest absolute Gasteiger partial charge is 0.785 e. The zero-order valence-corrected chi connectivity index (χ0v) is 6.92. The van der Waals surface area contributed by atoms with E-state index in [9.17, 15) is 5.21 Å². The molecular formula is C7H15N2O-. The molecule has 0 unspecified atom stereocenters. The predicted octanol–water partition coefficient (Wildman–Crippen LogP) is 0.510. The fourth-order valence-corrected chi connectivity index (χ4v) is 1.38. The quantitative estimate of drug-likeness (QED) is 0.495. The third-order valence-electron chi connectivity index (χ3n) is 2.02. The SMILES string of the molecule is CN1CCN([O-])C(C)(C)C1. The maximum atomic E-state index is 11.2. The van der Waals surface area contributed by atoms with Crippen LogP contribution in [0.15, 0.2) is 0 Å². The molecule has 60 valence electrons. The standard InChI is InChI=1S/C7H15N2O/c1-7(2)6-8(3)4-5-9(7)10/h4-6H2,1-3H3/q-1. The molecule has 0 bridgehead atoms. The van der Waals surface area contributed by atoms with E-state index in [1.807, 2.05) is 13.8 Å². The predicted molar refractivity (Wildman–Crippen MR) is 41.6 cm³/mol. The first-order chi connectivity index (χ1) is 4.52. The molecule has 0 atom stereocenters. The molecule has 0 aromatic heterocycles. The van der Waals surface area contributed by atoms with E-state index in [2.05, 4.69) is 11.9 Å². The zero-order valence-electron chi connectivity index (χ0n) is 6.92. The van der Waals surface area contributed by atoms with Gasteiger partial charge in [0, 0.05) is 18.6 Å². The number of piperazine rings is 1. The van der Waals surface area contributed by atoms with Crippen LogP contribution in [0.1, 0.15) is 13.8 Å². The van der Waals surface area contributed by atoms with Crippen LogP contribution < -0.4 is 0 Å². The first-order valence-corrected chi connectivity index (χ1v) is 3.66. The van der Waals surface area contributed by atoms with Gasteiger partial charge >= 0.3 is 0 Å². The van der Waals surface area contributed by atoms with Crippen LogP contribution in [0.3, 0.4) is 0 Å². The van der Waals surface area contributed by atoms with Crippen molar-refractivity contribution in [2.24, 2.45) is 0 Å². The van der Waals surface area contributed by atoms with Gasteiger partial charge in [0.2, 0.25) is 0 Å². The monoisotopic (exact) mass is 143 g/mol. The van der Waals surface area contributed by atoms with Crippen molar-refractivity contribution >= 4 is 0 Å². The lowest BCUT2D eigenvalue weighted by molar-refractivity contribution is 0.0721. The van der Waals surface area contributed by atoms with Gasteiger partial charge in [-0.05, 0) is 27.4 Å². The van der Waals surface area contributed by atoms with E-state index in [1.165, 1.54) is 5.06 Å². The highest BCUT2D eigenvalue weighted by Crippen LogP contribution is 2.17. The molecule has 0 saturated carbocycles. The molecule has 0 N–H and O–H groups in total. The molecule has 1 aliphatic heterocycles. The Morgan fingerprint density at radius 1 is 1.30 bits per heavy atom. The van der Waals surface area contributed by atoms with Crippen LogP contribution in [0.2, 0.25) is 0 Å². The minimum atomic E-state index is -0.188. The van der Waals surface area contributed by atoms with Crippen LogP contribution in [-0.4, -0.2) is 42.2 Å². The summed E-state index contributed by atoms with van der Waals surface area (Å²) in [5.74, 6) is 0. The van der Waals surface area contributed by atoms with Gasteiger partial charge in [-0.25, -0.2) is 0 Å². The van der Waals surface area contributed by atoms with Gasteiger partial charge in [-0.1, -0.05) is 0 Å². The van der Waals surface area contributed by atoms with E-state index >= 15 is 0 Å². The lowest BCUT2D eigenvalue weighted by atomic mass is 10.0. The molecule has 1 aliphatic rings. The van der Waals surface area contributed by atoms with Crippen molar-refractivity contribution in [1.82, 2.24) is 9.96 Å². The average molecular weight is 143 g/mol. The van der Waals surface area contributed by atoms with Gasteiger partial charge in [0.05, 0.1) is 0 Å². The molecule has 0 amide bonds. The summed E-state index contributed by atoms with van der Waals surface area (Å²) in [5.41, 5.74) is -0.188. The Bertz CT molecular complexity index is 125. The molecule has 0 radical (unpaired) electrons. The molecule has 0 spiro atoms. The molecule has 1 saturated heterocycles. The number of hydroxylamine groups is 2. The Morgan fingerprint density at radius 3 is 2.30 bits per heavy atom. The Labute approximate surface area is 62.2 Å². The van der Waals surface area contributed by atoms with Gasteiger partial charge < -0.3 is 15.2 Å². The number of likely N-dealkylation sites (N-methyl/N-ethyl adjacent to an activating group) is 1. The Balaban J connectivity index is 2.55. The van der Waals surface area contributed by atoms with E-state index < -0.39 is 0 Å². The zero-order chi connectivity index (χ0) is 7.78. The second-order valence-corrected chi connectivity index (χ2v) is 3.65. The fourth-order valence-electron chi connectivity index (χ4n) is 1.38. The second kappa shape index (κ2) is 2.49. The van der Waals surface area contributed by atoms with Crippen LogP contribution in [0.25, 0.3) is 0 Å².